The smallest absolute Gasteiger partial charge is 0.166 e. The van der Waals surface area contributed by atoms with Crippen molar-refractivity contribution in [2.75, 3.05) is 5.88 Å². The Labute approximate surface area is 131 Å². The van der Waals surface area contributed by atoms with E-state index in [0.717, 1.165) is 17.5 Å². The van der Waals surface area contributed by atoms with Gasteiger partial charge in [-0.15, -0.1) is 21.8 Å². The Balaban J connectivity index is 2.31. The van der Waals surface area contributed by atoms with Crippen molar-refractivity contribution >= 4 is 38.9 Å². The highest BCUT2D eigenvalue weighted by Gasteiger charge is 2.33. The summed E-state index contributed by atoms with van der Waals surface area (Å²) >= 11 is 9.79. The van der Waals surface area contributed by atoms with Crippen molar-refractivity contribution in [1.29, 1.82) is 0 Å². The zero-order valence-electron chi connectivity index (χ0n) is 10.0. The molecule has 0 aliphatic heterocycles. The molecular weight excluding hydrogens is 377 g/mol. The number of hydrogen-bond donors (Lipinski definition) is 0. The molecule has 8 heteroatoms. The minimum absolute atomic E-state index is 0.0145. The van der Waals surface area contributed by atoms with Crippen LogP contribution in [0.15, 0.2) is 22.7 Å². The van der Waals surface area contributed by atoms with Crippen LogP contribution in [0.25, 0.3) is 10.6 Å². The number of aromatic nitrogens is 2. The zero-order valence-corrected chi connectivity index (χ0v) is 13.2. The van der Waals surface area contributed by atoms with E-state index in [1.54, 1.807) is 6.07 Å². The Bertz CT molecular complexity index is 601. The molecule has 108 valence electrons. The molecule has 2 rings (SSSR count). The molecule has 0 amide bonds. The van der Waals surface area contributed by atoms with Crippen LogP contribution in [0.3, 0.4) is 0 Å². The monoisotopic (exact) mass is 384 g/mol. The van der Waals surface area contributed by atoms with Gasteiger partial charge in [-0.1, -0.05) is 33.3 Å². The lowest BCUT2D eigenvalue weighted by Gasteiger charge is -2.09. The van der Waals surface area contributed by atoms with E-state index in [-0.39, 0.29) is 4.47 Å². The van der Waals surface area contributed by atoms with Gasteiger partial charge >= 0.3 is 6.18 Å². The van der Waals surface area contributed by atoms with E-state index in [9.17, 15) is 13.2 Å². The molecular formula is C12H9BrClF3N2S. The summed E-state index contributed by atoms with van der Waals surface area (Å²) < 4.78 is 38.5. The lowest BCUT2D eigenvalue weighted by atomic mass is 10.1. The van der Waals surface area contributed by atoms with E-state index in [1.807, 2.05) is 0 Å². The van der Waals surface area contributed by atoms with Crippen molar-refractivity contribution in [2.24, 2.45) is 0 Å². The van der Waals surface area contributed by atoms with Crippen LogP contribution in [0.2, 0.25) is 0 Å². The highest BCUT2D eigenvalue weighted by Crippen LogP contribution is 2.37. The lowest BCUT2D eigenvalue weighted by molar-refractivity contribution is -0.138. The van der Waals surface area contributed by atoms with Gasteiger partial charge in [0.2, 0.25) is 0 Å². The Morgan fingerprint density at radius 2 is 2.00 bits per heavy atom. The average Bonchev–Trinajstić information content (AvgIpc) is 2.84. The summed E-state index contributed by atoms with van der Waals surface area (Å²) in [5.74, 6) is 0.519. The van der Waals surface area contributed by atoms with E-state index in [2.05, 4.69) is 26.1 Å². The highest BCUT2D eigenvalue weighted by molar-refractivity contribution is 9.10. The van der Waals surface area contributed by atoms with Crippen LogP contribution in [0.1, 0.15) is 17.0 Å². The highest BCUT2D eigenvalue weighted by atomic mass is 79.9. The Kier molecular flexibility index (Phi) is 5.04. The number of benzene rings is 1. The van der Waals surface area contributed by atoms with E-state index >= 15 is 0 Å². The summed E-state index contributed by atoms with van der Waals surface area (Å²) in [7, 11) is 0. The third kappa shape index (κ3) is 3.71. The molecule has 0 N–H and O–H groups in total. The predicted octanol–water partition coefficient (Wildman–Crippen LogP) is 5.16. The van der Waals surface area contributed by atoms with Gasteiger partial charge in [0.1, 0.15) is 10.0 Å². The van der Waals surface area contributed by atoms with E-state index in [0.29, 0.717) is 22.9 Å². The molecule has 1 heterocycles. The molecule has 1 aromatic heterocycles. The number of nitrogens with zero attached hydrogens (tertiary/aromatic N) is 2. The first-order valence-electron chi connectivity index (χ1n) is 5.67. The first-order chi connectivity index (χ1) is 9.41. The quantitative estimate of drug-likeness (QED) is 0.680. The summed E-state index contributed by atoms with van der Waals surface area (Å²) in [6.45, 7) is 0. The molecule has 1 aromatic carbocycles. The van der Waals surface area contributed by atoms with Crippen molar-refractivity contribution in [3.8, 4) is 10.6 Å². The van der Waals surface area contributed by atoms with E-state index in [1.165, 1.54) is 17.4 Å². The summed E-state index contributed by atoms with van der Waals surface area (Å²) in [5.41, 5.74) is -0.303. The van der Waals surface area contributed by atoms with E-state index in [4.69, 9.17) is 11.6 Å². The van der Waals surface area contributed by atoms with Gasteiger partial charge in [-0.25, -0.2) is 0 Å². The molecule has 2 aromatic rings. The van der Waals surface area contributed by atoms with Crippen molar-refractivity contribution < 1.29 is 13.2 Å². The SMILES string of the molecule is FC(F)(F)c1cc(-c2nnc(CCCCl)s2)ccc1Br. The van der Waals surface area contributed by atoms with Gasteiger partial charge in [0.25, 0.3) is 0 Å². The molecule has 20 heavy (non-hydrogen) atoms. The fourth-order valence-corrected chi connectivity index (χ4v) is 3.05. The predicted molar refractivity (Wildman–Crippen MR) is 77.1 cm³/mol. The third-order valence-corrected chi connectivity index (χ3v) is 4.50. The molecule has 0 bridgehead atoms. The van der Waals surface area contributed by atoms with Gasteiger partial charge in [-0.3, -0.25) is 0 Å². The van der Waals surface area contributed by atoms with Gasteiger partial charge in [0.15, 0.2) is 0 Å². The van der Waals surface area contributed by atoms with E-state index < -0.39 is 11.7 Å². The summed E-state index contributed by atoms with van der Waals surface area (Å²) in [6, 6.07) is 4.04. The topological polar surface area (TPSA) is 25.8 Å². The molecule has 0 spiro atoms. The molecule has 0 atom stereocenters. The molecule has 0 fully saturated rings. The summed E-state index contributed by atoms with van der Waals surface area (Å²) in [5, 5.41) is 9.15. The van der Waals surface area contributed by atoms with Crippen LogP contribution in [-0.2, 0) is 12.6 Å². The Morgan fingerprint density at radius 1 is 1.25 bits per heavy atom. The summed E-state index contributed by atoms with van der Waals surface area (Å²) in [6.07, 6.45) is -2.95. The van der Waals surface area contributed by atoms with Crippen LogP contribution in [0.5, 0.6) is 0 Å². The number of alkyl halides is 4. The normalized spacial score (nSPS) is 11.8. The number of hydrogen-bond acceptors (Lipinski definition) is 3. The van der Waals surface area contributed by atoms with Crippen LogP contribution >= 0.6 is 38.9 Å². The second-order valence-corrected chi connectivity index (χ2v) is 6.28. The number of rotatable bonds is 4. The number of halogens is 5. The Hall–Kier alpha value is -0.660. The minimum atomic E-state index is -4.40. The molecule has 0 unspecified atom stereocenters. The van der Waals surface area contributed by atoms with Crippen LogP contribution in [-0.4, -0.2) is 16.1 Å². The average molecular weight is 386 g/mol. The largest absolute Gasteiger partial charge is 0.417 e. The molecule has 0 aliphatic carbocycles. The minimum Gasteiger partial charge on any atom is -0.166 e. The standard InChI is InChI=1S/C12H9BrClF3N2S/c13-9-4-3-7(6-8(9)12(15,16)17)11-19-18-10(20-11)2-1-5-14/h3-4,6H,1-2,5H2. The maximum absolute atomic E-state index is 12.8. The van der Waals surface area contributed by atoms with Gasteiger partial charge < -0.3 is 0 Å². The zero-order chi connectivity index (χ0) is 14.8. The third-order valence-electron chi connectivity index (χ3n) is 2.51. The molecule has 0 radical (unpaired) electrons. The maximum Gasteiger partial charge on any atom is 0.417 e. The van der Waals surface area contributed by atoms with Crippen LogP contribution in [0.4, 0.5) is 13.2 Å². The van der Waals surface area contributed by atoms with Gasteiger partial charge in [-0.05, 0) is 18.6 Å². The lowest BCUT2D eigenvalue weighted by Crippen LogP contribution is -2.06. The Morgan fingerprint density at radius 3 is 2.65 bits per heavy atom. The van der Waals surface area contributed by atoms with Crippen molar-refractivity contribution in [3.63, 3.8) is 0 Å². The van der Waals surface area contributed by atoms with Crippen molar-refractivity contribution in [3.05, 3.63) is 33.2 Å². The fraction of sp³-hybridized carbons (Fsp3) is 0.333. The second kappa shape index (κ2) is 6.41. The summed E-state index contributed by atoms with van der Waals surface area (Å²) in [4.78, 5) is 0. The van der Waals surface area contributed by atoms with Gasteiger partial charge in [-0.2, -0.15) is 13.2 Å². The van der Waals surface area contributed by atoms with Crippen LogP contribution in [0, 0.1) is 0 Å². The molecule has 0 saturated heterocycles. The molecule has 2 nitrogen and oxygen atoms in total. The first kappa shape index (κ1) is 15.7. The molecule has 0 aliphatic rings. The van der Waals surface area contributed by atoms with Crippen LogP contribution < -0.4 is 0 Å². The maximum atomic E-state index is 12.8. The van der Waals surface area contributed by atoms with Crippen molar-refractivity contribution in [1.82, 2.24) is 10.2 Å². The fourth-order valence-electron chi connectivity index (χ4n) is 1.56. The number of aryl methyl sites for hydroxylation is 1. The van der Waals surface area contributed by atoms with Crippen molar-refractivity contribution in [2.45, 2.75) is 19.0 Å². The second-order valence-electron chi connectivity index (χ2n) is 3.99. The first-order valence-corrected chi connectivity index (χ1v) is 7.81. The van der Waals surface area contributed by atoms with Gasteiger partial charge in [0.05, 0.1) is 5.56 Å². The molecule has 0 saturated carbocycles. The van der Waals surface area contributed by atoms with Gasteiger partial charge in [0, 0.05) is 22.3 Å².